The fraction of sp³-hybridized carbons (Fsp3) is 0.273. The number of nitrogens with zero attached hydrogens (tertiary/aromatic N) is 1. The third-order valence-electron chi connectivity index (χ3n) is 4.40. The second-order valence-electron chi connectivity index (χ2n) is 6.31. The van der Waals surface area contributed by atoms with Crippen LogP contribution in [0.2, 0.25) is 0 Å². The van der Waals surface area contributed by atoms with Gasteiger partial charge in [-0.1, -0.05) is 12.1 Å². The molecule has 0 atom stereocenters. The van der Waals surface area contributed by atoms with Crippen molar-refractivity contribution in [2.75, 3.05) is 26.1 Å². The lowest BCUT2D eigenvalue weighted by atomic mass is 10.1. The van der Waals surface area contributed by atoms with E-state index in [9.17, 15) is 10.1 Å². The van der Waals surface area contributed by atoms with Gasteiger partial charge in [0.05, 0.1) is 14.2 Å². The van der Waals surface area contributed by atoms with Gasteiger partial charge in [0.25, 0.3) is 5.91 Å². The Bertz CT molecular complexity index is 914. The normalized spacial score (nSPS) is 10.8. The summed E-state index contributed by atoms with van der Waals surface area (Å²) in [6, 6.07) is 13.4. The van der Waals surface area contributed by atoms with Crippen molar-refractivity contribution in [3.05, 3.63) is 64.9 Å². The lowest BCUT2D eigenvalue weighted by molar-refractivity contribution is -0.117. The van der Waals surface area contributed by atoms with Gasteiger partial charge in [0.15, 0.2) is 11.5 Å². The molecule has 0 unspecified atom stereocenters. The van der Waals surface area contributed by atoms with E-state index in [-0.39, 0.29) is 5.57 Å². The van der Waals surface area contributed by atoms with Crippen molar-refractivity contribution < 1.29 is 14.3 Å². The third kappa shape index (κ3) is 5.52. The molecular formula is C22H25N3O3. The van der Waals surface area contributed by atoms with Gasteiger partial charge in [-0.3, -0.25) is 4.79 Å². The van der Waals surface area contributed by atoms with Crippen molar-refractivity contribution in [3.63, 3.8) is 0 Å². The highest BCUT2D eigenvalue weighted by atomic mass is 16.5. The monoisotopic (exact) mass is 379 g/mol. The van der Waals surface area contributed by atoms with Gasteiger partial charge >= 0.3 is 0 Å². The molecule has 6 nitrogen and oxygen atoms in total. The molecule has 2 aromatic carbocycles. The van der Waals surface area contributed by atoms with Crippen LogP contribution in [0.5, 0.6) is 11.5 Å². The minimum Gasteiger partial charge on any atom is -0.493 e. The molecule has 0 spiro atoms. The van der Waals surface area contributed by atoms with E-state index in [0.29, 0.717) is 24.5 Å². The van der Waals surface area contributed by atoms with Crippen molar-refractivity contribution in [1.29, 1.82) is 5.26 Å². The minimum absolute atomic E-state index is 0.0190. The number of amides is 1. The average Bonchev–Trinajstić information content (AvgIpc) is 2.70. The van der Waals surface area contributed by atoms with Crippen LogP contribution in [-0.4, -0.2) is 26.7 Å². The molecule has 6 heteroatoms. The number of anilines is 1. The van der Waals surface area contributed by atoms with Gasteiger partial charge in [0, 0.05) is 18.4 Å². The van der Waals surface area contributed by atoms with Crippen LogP contribution >= 0.6 is 0 Å². The fourth-order valence-corrected chi connectivity index (χ4v) is 2.59. The largest absolute Gasteiger partial charge is 0.493 e. The Morgan fingerprint density at radius 2 is 1.82 bits per heavy atom. The number of hydrogen-bond acceptors (Lipinski definition) is 5. The molecule has 0 aliphatic carbocycles. The predicted octanol–water partition coefficient (Wildman–Crippen LogP) is 3.50. The maximum Gasteiger partial charge on any atom is 0.263 e. The van der Waals surface area contributed by atoms with Gasteiger partial charge in [0.1, 0.15) is 11.6 Å². The molecule has 1 amide bonds. The summed E-state index contributed by atoms with van der Waals surface area (Å²) in [5.74, 6) is 0.878. The van der Waals surface area contributed by atoms with Crippen LogP contribution in [0.25, 0.3) is 0 Å². The lowest BCUT2D eigenvalue weighted by Crippen LogP contribution is -2.27. The Labute approximate surface area is 165 Å². The smallest absolute Gasteiger partial charge is 0.263 e. The summed E-state index contributed by atoms with van der Waals surface area (Å²) >= 11 is 0. The van der Waals surface area contributed by atoms with Gasteiger partial charge in [-0.05, 0) is 61.2 Å². The highest BCUT2D eigenvalue weighted by Gasteiger charge is 2.09. The van der Waals surface area contributed by atoms with E-state index in [2.05, 4.69) is 10.6 Å². The molecule has 0 radical (unpaired) electrons. The maximum atomic E-state index is 12.2. The van der Waals surface area contributed by atoms with Crippen LogP contribution in [0.4, 0.5) is 5.69 Å². The SMILES string of the molecule is COc1ccc(CCNC(=O)/C(C#N)=C\Nc2ccc(C)c(C)c2)cc1OC. The van der Waals surface area contributed by atoms with E-state index in [1.165, 1.54) is 11.8 Å². The molecule has 146 valence electrons. The Kier molecular flexibility index (Phi) is 7.46. The molecule has 0 aromatic heterocycles. The zero-order chi connectivity index (χ0) is 20.5. The number of ether oxygens (including phenoxy) is 2. The second kappa shape index (κ2) is 10.0. The molecule has 2 N–H and O–H groups in total. The summed E-state index contributed by atoms with van der Waals surface area (Å²) in [5, 5.41) is 15.0. The van der Waals surface area contributed by atoms with E-state index in [1.807, 2.05) is 56.3 Å². The molecule has 0 saturated heterocycles. The summed E-state index contributed by atoms with van der Waals surface area (Å²) < 4.78 is 10.5. The predicted molar refractivity (Wildman–Crippen MR) is 109 cm³/mol. The number of hydrogen-bond donors (Lipinski definition) is 2. The van der Waals surface area contributed by atoms with Crippen LogP contribution < -0.4 is 20.1 Å². The van der Waals surface area contributed by atoms with E-state index >= 15 is 0 Å². The molecule has 0 aliphatic heterocycles. The van der Waals surface area contributed by atoms with Gasteiger partial charge in [-0.15, -0.1) is 0 Å². The quantitative estimate of drug-likeness (QED) is 0.542. The first-order valence-electron chi connectivity index (χ1n) is 8.91. The lowest BCUT2D eigenvalue weighted by Gasteiger charge is -2.10. The highest BCUT2D eigenvalue weighted by molar-refractivity contribution is 5.97. The molecule has 0 bridgehead atoms. The van der Waals surface area contributed by atoms with Gasteiger partial charge in [-0.2, -0.15) is 5.26 Å². The van der Waals surface area contributed by atoms with Gasteiger partial charge < -0.3 is 20.1 Å². The molecule has 0 fully saturated rings. The first-order chi connectivity index (χ1) is 13.5. The van der Waals surface area contributed by atoms with Crippen molar-refractivity contribution in [1.82, 2.24) is 5.32 Å². The summed E-state index contributed by atoms with van der Waals surface area (Å²) in [5.41, 5.74) is 4.16. The van der Waals surface area contributed by atoms with Gasteiger partial charge in [0.2, 0.25) is 0 Å². The number of benzene rings is 2. The second-order valence-corrected chi connectivity index (χ2v) is 6.31. The highest BCUT2D eigenvalue weighted by Crippen LogP contribution is 2.27. The molecular weight excluding hydrogens is 354 g/mol. The molecule has 28 heavy (non-hydrogen) atoms. The Morgan fingerprint density at radius 3 is 2.46 bits per heavy atom. The maximum absolute atomic E-state index is 12.2. The standard InChI is InChI=1S/C22H25N3O3/c1-15-5-7-19(11-16(15)2)25-14-18(13-23)22(26)24-10-9-17-6-8-20(27-3)21(12-17)28-4/h5-8,11-12,14,25H,9-10H2,1-4H3,(H,24,26)/b18-14-. The van der Waals surface area contributed by atoms with E-state index in [4.69, 9.17) is 9.47 Å². The van der Waals surface area contributed by atoms with E-state index < -0.39 is 5.91 Å². The number of nitriles is 1. The molecule has 0 heterocycles. The van der Waals surface area contributed by atoms with E-state index in [1.54, 1.807) is 14.2 Å². The molecule has 0 saturated carbocycles. The van der Waals surface area contributed by atoms with Crippen molar-refractivity contribution in [3.8, 4) is 17.6 Å². The van der Waals surface area contributed by atoms with Gasteiger partial charge in [-0.25, -0.2) is 0 Å². The fourth-order valence-electron chi connectivity index (χ4n) is 2.59. The number of methoxy groups -OCH3 is 2. The summed E-state index contributed by atoms with van der Waals surface area (Å²) in [6.07, 6.45) is 2.03. The van der Waals surface area contributed by atoms with Crippen LogP contribution in [0.3, 0.4) is 0 Å². The number of nitrogens with one attached hydrogen (secondary N) is 2. The molecule has 2 rings (SSSR count). The Hall–Kier alpha value is -3.46. The zero-order valence-corrected chi connectivity index (χ0v) is 16.6. The van der Waals surface area contributed by atoms with Crippen LogP contribution in [0, 0.1) is 25.2 Å². The summed E-state index contributed by atoms with van der Waals surface area (Å²) in [7, 11) is 3.16. The summed E-state index contributed by atoms with van der Waals surface area (Å²) in [4.78, 5) is 12.2. The van der Waals surface area contributed by atoms with Crippen LogP contribution in [0.15, 0.2) is 48.2 Å². The minimum atomic E-state index is -0.417. The Morgan fingerprint density at radius 1 is 1.07 bits per heavy atom. The summed E-state index contributed by atoms with van der Waals surface area (Å²) in [6.45, 7) is 4.44. The van der Waals surface area contributed by atoms with Crippen LogP contribution in [0.1, 0.15) is 16.7 Å². The van der Waals surface area contributed by atoms with E-state index in [0.717, 1.165) is 16.8 Å². The first-order valence-corrected chi connectivity index (χ1v) is 8.91. The zero-order valence-electron chi connectivity index (χ0n) is 16.6. The van der Waals surface area contributed by atoms with Crippen LogP contribution in [-0.2, 0) is 11.2 Å². The average molecular weight is 379 g/mol. The number of rotatable bonds is 8. The molecule has 0 aliphatic rings. The topological polar surface area (TPSA) is 83.4 Å². The van der Waals surface area contributed by atoms with Crippen molar-refractivity contribution in [2.24, 2.45) is 0 Å². The number of carbonyl (C=O) groups excluding carboxylic acids is 1. The molecule has 2 aromatic rings. The third-order valence-corrected chi connectivity index (χ3v) is 4.40. The number of carbonyl (C=O) groups is 1. The van der Waals surface area contributed by atoms with Crippen molar-refractivity contribution >= 4 is 11.6 Å². The Balaban J connectivity index is 1.93. The van der Waals surface area contributed by atoms with Crippen molar-refractivity contribution in [2.45, 2.75) is 20.3 Å². The number of aryl methyl sites for hydroxylation is 2. The first kappa shape index (κ1) is 20.8.